The maximum Gasteiger partial charge on any atom is 0.410 e. The number of hydroxylamine groups is 2. The van der Waals surface area contributed by atoms with Crippen molar-refractivity contribution in [2.24, 2.45) is 11.7 Å². The molecule has 0 aromatic rings. The second kappa shape index (κ2) is 8.17. The Bertz CT molecular complexity index is 689. The molecule has 0 aromatic carbocycles. The third-order valence-electron chi connectivity index (χ3n) is 4.95. The average Bonchev–Trinajstić information content (AvgIpc) is 2.62. The third kappa shape index (κ3) is 4.63. The number of carbonyl (C=O) groups is 4. The zero-order valence-electron chi connectivity index (χ0n) is 18.1. The SMILES string of the molecule is CCC(ON1CC2(CN(C(=O)OC(C)(C)C)CCN2C(=O)C(C)C)C1=O)C(N)=O. The summed E-state index contributed by atoms with van der Waals surface area (Å²) in [4.78, 5) is 58.2. The Hall–Kier alpha value is -2.36. The third-order valence-corrected chi connectivity index (χ3v) is 4.95. The smallest absolute Gasteiger partial charge is 0.410 e. The topological polar surface area (TPSA) is 122 Å². The van der Waals surface area contributed by atoms with Crippen LogP contribution in [0.4, 0.5) is 4.79 Å². The van der Waals surface area contributed by atoms with E-state index >= 15 is 0 Å². The molecule has 2 atom stereocenters. The maximum atomic E-state index is 13.1. The molecule has 2 saturated heterocycles. The molecule has 2 unspecified atom stereocenters. The molecule has 2 rings (SSSR count). The first kappa shape index (κ1) is 22.9. The van der Waals surface area contributed by atoms with Crippen molar-refractivity contribution in [3.8, 4) is 0 Å². The Balaban J connectivity index is 2.23. The number of carbonyl (C=O) groups excluding carboxylic acids is 4. The summed E-state index contributed by atoms with van der Waals surface area (Å²) < 4.78 is 5.42. The summed E-state index contributed by atoms with van der Waals surface area (Å²) in [5.74, 6) is -1.63. The summed E-state index contributed by atoms with van der Waals surface area (Å²) in [5, 5.41) is 1.05. The summed E-state index contributed by atoms with van der Waals surface area (Å²) >= 11 is 0. The van der Waals surface area contributed by atoms with E-state index in [0.29, 0.717) is 6.42 Å². The maximum absolute atomic E-state index is 13.1. The minimum Gasteiger partial charge on any atom is -0.444 e. The average molecular weight is 412 g/mol. The van der Waals surface area contributed by atoms with Crippen LogP contribution in [0.1, 0.15) is 48.0 Å². The normalized spacial score (nSPS) is 23.3. The van der Waals surface area contributed by atoms with Crippen LogP contribution in [0.25, 0.3) is 0 Å². The fourth-order valence-corrected chi connectivity index (χ4v) is 3.43. The van der Waals surface area contributed by atoms with Gasteiger partial charge in [-0.1, -0.05) is 20.8 Å². The quantitative estimate of drug-likeness (QED) is 0.656. The molecule has 10 heteroatoms. The Labute approximate surface area is 171 Å². The number of rotatable bonds is 5. The van der Waals surface area contributed by atoms with Gasteiger partial charge in [-0.05, 0) is 27.2 Å². The second-order valence-electron chi connectivity index (χ2n) is 8.82. The summed E-state index contributed by atoms with van der Waals surface area (Å²) in [6.45, 7) is 11.1. The lowest BCUT2D eigenvalue weighted by Gasteiger charge is -2.57. The van der Waals surface area contributed by atoms with Crippen LogP contribution in [0, 0.1) is 5.92 Å². The molecule has 29 heavy (non-hydrogen) atoms. The van der Waals surface area contributed by atoms with Crippen LogP contribution in [0.5, 0.6) is 0 Å². The minimum atomic E-state index is -1.23. The summed E-state index contributed by atoms with van der Waals surface area (Å²) in [5.41, 5.74) is 3.38. The lowest BCUT2D eigenvalue weighted by molar-refractivity contribution is -0.259. The van der Waals surface area contributed by atoms with E-state index in [4.69, 9.17) is 15.3 Å². The molecule has 2 heterocycles. The van der Waals surface area contributed by atoms with Crippen molar-refractivity contribution in [2.75, 3.05) is 26.2 Å². The highest BCUT2D eigenvalue weighted by Gasteiger charge is 2.62. The molecule has 0 bridgehead atoms. The molecule has 2 aliphatic rings. The van der Waals surface area contributed by atoms with E-state index in [0.717, 1.165) is 5.06 Å². The van der Waals surface area contributed by atoms with Gasteiger partial charge in [0.1, 0.15) is 5.60 Å². The van der Waals surface area contributed by atoms with Crippen molar-refractivity contribution in [1.29, 1.82) is 0 Å². The predicted octanol–water partition coefficient (Wildman–Crippen LogP) is 0.498. The molecule has 4 amide bonds. The van der Waals surface area contributed by atoms with Crippen LogP contribution < -0.4 is 5.73 Å². The van der Waals surface area contributed by atoms with E-state index in [9.17, 15) is 19.2 Å². The molecule has 1 spiro atoms. The fourth-order valence-electron chi connectivity index (χ4n) is 3.43. The highest BCUT2D eigenvalue weighted by Crippen LogP contribution is 2.35. The van der Waals surface area contributed by atoms with Crippen LogP contribution in [0.2, 0.25) is 0 Å². The van der Waals surface area contributed by atoms with Gasteiger partial charge in [0.05, 0.1) is 13.1 Å². The molecule has 0 saturated carbocycles. The van der Waals surface area contributed by atoms with Crippen LogP contribution in [0.15, 0.2) is 0 Å². The van der Waals surface area contributed by atoms with Crippen LogP contribution in [-0.4, -0.2) is 82.1 Å². The van der Waals surface area contributed by atoms with Gasteiger partial charge in [-0.3, -0.25) is 19.2 Å². The zero-order chi connectivity index (χ0) is 22.1. The van der Waals surface area contributed by atoms with Crippen molar-refractivity contribution in [1.82, 2.24) is 14.9 Å². The summed E-state index contributed by atoms with van der Waals surface area (Å²) in [6, 6.07) is 0. The van der Waals surface area contributed by atoms with Gasteiger partial charge in [-0.25, -0.2) is 9.86 Å². The van der Waals surface area contributed by atoms with Crippen molar-refractivity contribution in [3.05, 3.63) is 0 Å². The Morgan fingerprint density at radius 2 is 1.79 bits per heavy atom. The fraction of sp³-hybridized carbons (Fsp3) is 0.789. The van der Waals surface area contributed by atoms with Crippen LogP contribution in [-0.2, 0) is 24.0 Å². The largest absolute Gasteiger partial charge is 0.444 e. The number of nitrogens with two attached hydrogens (primary N) is 1. The van der Waals surface area contributed by atoms with Crippen molar-refractivity contribution in [2.45, 2.75) is 65.2 Å². The number of nitrogens with zero attached hydrogens (tertiary/aromatic N) is 3. The summed E-state index contributed by atoms with van der Waals surface area (Å²) in [7, 11) is 0. The first-order chi connectivity index (χ1) is 13.3. The standard InChI is InChI=1S/C19H32N4O6/c1-7-13(14(20)24)29-23-11-19(16(23)26)10-21(17(27)28-18(4,5)6)8-9-22(19)15(25)12(2)3/h12-13H,7-11H2,1-6H3,(H2,20,24). The van der Waals surface area contributed by atoms with Crippen molar-refractivity contribution < 1.29 is 28.8 Å². The van der Waals surface area contributed by atoms with Crippen LogP contribution in [0.3, 0.4) is 0 Å². The molecular formula is C19H32N4O6. The van der Waals surface area contributed by atoms with E-state index in [1.165, 1.54) is 9.80 Å². The molecule has 2 N–H and O–H groups in total. The highest BCUT2D eigenvalue weighted by atomic mass is 16.7. The molecule has 0 aromatic heterocycles. The second-order valence-corrected chi connectivity index (χ2v) is 8.82. The Morgan fingerprint density at radius 1 is 1.17 bits per heavy atom. The number of β-lactam (4-membered cyclic amide) rings is 1. The molecule has 2 fully saturated rings. The lowest BCUT2D eigenvalue weighted by Crippen LogP contribution is -2.81. The lowest BCUT2D eigenvalue weighted by atomic mass is 9.84. The van der Waals surface area contributed by atoms with Gasteiger partial charge in [-0.2, -0.15) is 0 Å². The van der Waals surface area contributed by atoms with E-state index < -0.39 is 35.2 Å². The Morgan fingerprint density at radius 3 is 2.24 bits per heavy atom. The number of hydrogen-bond donors (Lipinski definition) is 1. The van der Waals surface area contributed by atoms with Gasteiger partial charge < -0.3 is 20.3 Å². The van der Waals surface area contributed by atoms with Gasteiger partial charge in [0, 0.05) is 19.0 Å². The number of piperazine rings is 1. The predicted molar refractivity (Wildman–Crippen MR) is 103 cm³/mol. The van der Waals surface area contributed by atoms with Crippen molar-refractivity contribution >= 4 is 23.8 Å². The van der Waals surface area contributed by atoms with Gasteiger partial charge in [0.25, 0.3) is 5.91 Å². The van der Waals surface area contributed by atoms with Gasteiger partial charge in [-0.15, -0.1) is 0 Å². The van der Waals surface area contributed by atoms with E-state index in [-0.39, 0.29) is 38.0 Å². The zero-order valence-corrected chi connectivity index (χ0v) is 18.1. The number of hydrogen-bond acceptors (Lipinski definition) is 6. The van der Waals surface area contributed by atoms with E-state index in [1.807, 2.05) is 0 Å². The molecule has 0 aliphatic carbocycles. The monoisotopic (exact) mass is 412 g/mol. The molecule has 10 nitrogen and oxygen atoms in total. The Kier molecular flexibility index (Phi) is 6.46. The number of primary amides is 1. The summed E-state index contributed by atoms with van der Waals surface area (Å²) in [6.07, 6.45) is -1.16. The molecule has 2 aliphatic heterocycles. The van der Waals surface area contributed by atoms with Crippen molar-refractivity contribution in [3.63, 3.8) is 0 Å². The first-order valence-electron chi connectivity index (χ1n) is 9.90. The van der Waals surface area contributed by atoms with Gasteiger partial charge in [0.15, 0.2) is 11.6 Å². The number of amides is 4. The van der Waals surface area contributed by atoms with E-state index in [1.54, 1.807) is 41.5 Å². The first-order valence-corrected chi connectivity index (χ1v) is 9.90. The molecular weight excluding hydrogens is 380 g/mol. The van der Waals surface area contributed by atoms with E-state index in [2.05, 4.69) is 0 Å². The minimum absolute atomic E-state index is 0.00638. The number of ether oxygens (including phenoxy) is 1. The van der Waals surface area contributed by atoms with Crippen LogP contribution >= 0.6 is 0 Å². The molecule has 164 valence electrons. The highest BCUT2D eigenvalue weighted by molar-refractivity contribution is 5.97. The van der Waals surface area contributed by atoms with Gasteiger partial charge in [0.2, 0.25) is 11.8 Å². The molecule has 0 radical (unpaired) electrons. The van der Waals surface area contributed by atoms with Gasteiger partial charge >= 0.3 is 6.09 Å².